The zero-order valence-electron chi connectivity index (χ0n) is 17.4. The Balaban J connectivity index is 1.25. The zero-order valence-corrected chi connectivity index (χ0v) is 17.4. The number of rotatable bonds is 5. The Kier molecular flexibility index (Phi) is 5.18. The van der Waals surface area contributed by atoms with Crippen molar-refractivity contribution in [3.05, 3.63) is 60.6 Å². The third-order valence-corrected chi connectivity index (χ3v) is 5.39. The predicted octanol–water partition coefficient (Wildman–Crippen LogP) is 2.64. The van der Waals surface area contributed by atoms with Crippen LogP contribution in [-0.4, -0.2) is 62.9 Å². The van der Waals surface area contributed by atoms with Gasteiger partial charge in [0.1, 0.15) is 5.82 Å². The minimum atomic E-state index is -0.777. The second kappa shape index (κ2) is 8.29. The number of amides is 1. The first-order chi connectivity index (χ1) is 15.6. The molecule has 5 rings (SSSR count). The van der Waals surface area contributed by atoms with Crippen LogP contribution in [0.3, 0.4) is 0 Å². The van der Waals surface area contributed by atoms with Gasteiger partial charge in [-0.2, -0.15) is 4.52 Å². The Hall–Kier alpha value is -3.95. The SMILES string of the molecule is CC(Oc1ccccc1F)C(=O)N1CCN(c2ccc3nnc(-c4ccco4)n3n2)CC1. The number of furan rings is 1. The maximum absolute atomic E-state index is 13.8. The topological polar surface area (TPSA) is 89.0 Å². The van der Waals surface area contributed by atoms with Crippen LogP contribution in [0.25, 0.3) is 17.2 Å². The Bertz CT molecular complexity index is 1230. The average molecular weight is 436 g/mol. The summed E-state index contributed by atoms with van der Waals surface area (Å²) in [5.41, 5.74) is 0.619. The maximum atomic E-state index is 13.8. The molecular weight excluding hydrogens is 415 g/mol. The van der Waals surface area contributed by atoms with Crippen molar-refractivity contribution in [2.45, 2.75) is 13.0 Å². The number of carbonyl (C=O) groups excluding carboxylic acids is 1. The van der Waals surface area contributed by atoms with Crippen LogP contribution in [0.2, 0.25) is 0 Å². The van der Waals surface area contributed by atoms with E-state index >= 15 is 0 Å². The second-order valence-corrected chi connectivity index (χ2v) is 7.47. The molecule has 0 N–H and O–H groups in total. The van der Waals surface area contributed by atoms with Crippen molar-refractivity contribution in [3.8, 4) is 17.3 Å². The second-order valence-electron chi connectivity index (χ2n) is 7.47. The molecule has 32 heavy (non-hydrogen) atoms. The summed E-state index contributed by atoms with van der Waals surface area (Å²) in [5, 5.41) is 13.0. The Labute approximate surface area is 183 Å². The molecule has 0 spiro atoms. The highest BCUT2D eigenvalue weighted by Crippen LogP contribution is 2.21. The van der Waals surface area contributed by atoms with Gasteiger partial charge in [0.25, 0.3) is 5.91 Å². The number of ether oxygens (including phenoxy) is 1. The summed E-state index contributed by atoms with van der Waals surface area (Å²) in [5.74, 6) is 1.29. The number of carbonyl (C=O) groups is 1. The molecule has 0 aliphatic carbocycles. The van der Waals surface area contributed by atoms with Crippen molar-refractivity contribution in [3.63, 3.8) is 0 Å². The van der Waals surface area contributed by atoms with Gasteiger partial charge in [-0.05, 0) is 43.3 Å². The van der Waals surface area contributed by atoms with Crippen molar-refractivity contribution in [2.75, 3.05) is 31.1 Å². The fourth-order valence-corrected chi connectivity index (χ4v) is 3.70. The highest BCUT2D eigenvalue weighted by molar-refractivity contribution is 5.81. The lowest BCUT2D eigenvalue weighted by molar-refractivity contribution is -0.138. The Morgan fingerprint density at radius 1 is 1.06 bits per heavy atom. The van der Waals surface area contributed by atoms with E-state index in [-0.39, 0.29) is 11.7 Å². The molecule has 4 heterocycles. The van der Waals surface area contributed by atoms with Gasteiger partial charge in [-0.3, -0.25) is 4.79 Å². The monoisotopic (exact) mass is 436 g/mol. The summed E-state index contributed by atoms with van der Waals surface area (Å²) in [6, 6.07) is 13.4. The van der Waals surface area contributed by atoms with Crippen LogP contribution in [0, 0.1) is 5.82 Å². The van der Waals surface area contributed by atoms with E-state index in [1.54, 1.807) is 46.9 Å². The average Bonchev–Trinajstić information content (AvgIpc) is 3.49. The lowest BCUT2D eigenvalue weighted by atomic mass is 10.2. The zero-order chi connectivity index (χ0) is 22.1. The lowest BCUT2D eigenvalue weighted by Crippen LogP contribution is -2.52. The van der Waals surface area contributed by atoms with Crippen LogP contribution in [0.5, 0.6) is 5.75 Å². The molecule has 1 fully saturated rings. The number of hydrogen-bond acceptors (Lipinski definition) is 7. The number of anilines is 1. The molecule has 3 aromatic heterocycles. The molecular formula is C22H21FN6O3. The fraction of sp³-hybridized carbons (Fsp3) is 0.273. The highest BCUT2D eigenvalue weighted by Gasteiger charge is 2.27. The van der Waals surface area contributed by atoms with E-state index in [0.717, 1.165) is 5.82 Å². The van der Waals surface area contributed by atoms with E-state index in [9.17, 15) is 9.18 Å². The molecule has 4 aromatic rings. The molecule has 9 nitrogen and oxygen atoms in total. The van der Waals surface area contributed by atoms with E-state index in [0.29, 0.717) is 43.4 Å². The molecule has 1 unspecified atom stereocenters. The van der Waals surface area contributed by atoms with Crippen LogP contribution >= 0.6 is 0 Å². The molecule has 1 aromatic carbocycles. The third kappa shape index (κ3) is 3.75. The minimum Gasteiger partial charge on any atom is -0.478 e. The summed E-state index contributed by atoms with van der Waals surface area (Å²) >= 11 is 0. The summed E-state index contributed by atoms with van der Waals surface area (Å²) in [6.45, 7) is 3.87. The van der Waals surface area contributed by atoms with E-state index < -0.39 is 11.9 Å². The quantitative estimate of drug-likeness (QED) is 0.475. The number of para-hydroxylation sites is 1. The number of fused-ring (bicyclic) bond motifs is 1. The number of nitrogens with zero attached hydrogens (tertiary/aromatic N) is 6. The summed E-state index contributed by atoms with van der Waals surface area (Å²) in [7, 11) is 0. The first-order valence-electron chi connectivity index (χ1n) is 10.3. The standard InChI is InChI=1S/C22H21FN6O3/c1-15(32-17-6-3-2-5-16(17)23)22(30)28-12-10-27(11-13-28)20-9-8-19-24-25-21(29(19)26-20)18-7-4-14-31-18/h2-9,14-15H,10-13H2,1H3. The van der Waals surface area contributed by atoms with Crippen LogP contribution in [0.4, 0.5) is 10.2 Å². The first kappa shape index (κ1) is 20.0. The van der Waals surface area contributed by atoms with Crippen molar-refractivity contribution in [1.82, 2.24) is 24.7 Å². The van der Waals surface area contributed by atoms with Gasteiger partial charge in [-0.25, -0.2) is 4.39 Å². The normalized spacial score (nSPS) is 15.2. The van der Waals surface area contributed by atoms with Gasteiger partial charge in [-0.1, -0.05) is 12.1 Å². The van der Waals surface area contributed by atoms with E-state index in [1.807, 2.05) is 12.1 Å². The highest BCUT2D eigenvalue weighted by atomic mass is 19.1. The number of piperazine rings is 1. The van der Waals surface area contributed by atoms with E-state index in [2.05, 4.69) is 20.2 Å². The van der Waals surface area contributed by atoms with Gasteiger partial charge in [0, 0.05) is 26.2 Å². The summed E-state index contributed by atoms with van der Waals surface area (Å²) in [6.07, 6.45) is 0.800. The van der Waals surface area contributed by atoms with Crippen LogP contribution in [-0.2, 0) is 4.79 Å². The van der Waals surface area contributed by atoms with Gasteiger partial charge >= 0.3 is 0 Å². The van der Waals surface area contributed by atoms with Crippen LogP contribution < -0.4 is 9.64 Å². The van der Waals surface area contributed by atoms with Gasteiger partial charge in [-0.15, -0.1) is 15.3 Å². The molecule has 1 aliphatic heterocycles. The van der Waals surface area contributed by atoms with Crippen LogP contribution in [0.1, 0.15) is 6.92 Å². The molecule has 0 radical (unpaired) electrons. The number of aromatic nitrogens is 4. The molecule has 1 aliphatic rings. The molecule has 0 saturated carbocycles. The molecule has 0 bridgehead atoms. The molecule has 1 saturated heterocycles. The third-order valence-electron chi connectivity index (χ3n) is 5.39. The number of halogens is 1. The van der Waals surface area contributed by atoms with Gasteiger partial charge < -0.3 is 19.0 Å². The van der Waals surface area contributed by atoms with E-state index in [1.165, 1.54) is 12.1 Å². The van der Waals surface area contributed by atoms with Crippen LogP contribution in [0.15, 0.2) is 59.2 Å². The fourth-order valence-electron chi connectivity index (χ4n) is 3.70. The van der Waals surface area contributed by atoms with Crippen molar-refractivity contribution < 1.29 is 18.3 Å². The summed E-state index contributed by atoms with van der Waals surface area (Å²) < 4.78 is 26.4. The van der Waals surface area contributed by atoms with Crippen molar-refractivity contribution in [2.24, 2.45) is 0 Å². The van der Waals surface area contributed by atoms with Crippen molar-refractivity contribution in [1.29, 1.82) is 0 Å². The van der Waals surface area contributed by atoms with E-state index in [4.69, 9.17) is 9.15 Å². The Morgan fingerprint density at radius 3 is 2.62 bits per heavy atom. The predicted molar refractivity (Wildman–Crippen MR) is 114 cm³/mol. The number of benzene rings is 1. The minimum absolute atomic E-state index is 0.0748. The Morgan fingerprint density at radius 2 is 1.88 bits per heavy atom. The molecule has 164 valence electrons. The lowest BCUT2D eigenvalue weighted by Gasteiger charge is -2.36. The smallest absolute Gasteiger partial charge is 0.263 e. The number of hydrogen-bond donors (Lipinski definition) is 0. The van der Waals surface area contributed by atoms with Gasteiger partial charge in [0.05, 0.1) is 6.26 Å². The molecule has 1 atom stereocenters. The first-order valence-corrected chi connectivity index (χ1v) is 10.3. The largest absolute Gasteiger partial charge is 0.478 e. The molecule has 1 amide bonds. The van der Waals surface area contributed by atoms with Crippen molar-refractivity contribution >= 4 is 17.4 Å². The van der Waals surface area contributed by atoms with Gasteiger partial charge in [0.2, 0.25) is 5.82 Å². The molecule has 10 heteroatoms. The maximum Gasteiger partial charge on any atom is 0.263 e. The van der Waals surface area contributed by atoms with Gasteiger partial charge in [0.15, 0.2) is 29.1 Å². The summed E-state index contributed by atoms with van der Waals surface area (Å²) in [4.78, 5) is 16.6.